The van der Waals surface area contributed by atoms with Gasteiger partial charge in [-0.1, -0.05) is 66.7 Å². The van der Waals surface area contributed by atoms with E-state index >= 15 is 0 Å². The molecule has 31 heavy (non-hydrogen) atoms. The standard InChI is InChI=1S/C26H25NO4/c1-30-21-14-13-18(17-22(21)31-2)15-16-27-24(20-11-7-4-8-12-20)23(25(28)26(27)29)19-9-5-3-6-10-19/h3-14,17,24,28H,15-16H2,1-2H3. The van der Waals surface area contributed by atoms with Gasteiger partial charge < -0.3 is 19.5 Å². The molecule has 4 rings (SSSR count). The average molecular weight is 415 g/mol. The van der Waals surface area contributed by atoms with Crippen LogP contribution in [0.2, 0.25) is 0 Å². The zero-order valence-corrected chi connectivity index (χ0v) is 17.6. The van der Waals surface area contributed by atoms with Crippen molar-refractivity contribution in [3.63, 3.8) is 0 Å². The Labute approximate surface area is 182 Å². The summed E-state index contributed by atoms with van der Waals surface area (Å²) in [5.74, 6) is 0.773. The van der Waals surface area contributed by atoms with E-state index in [4.69, 9.17) is 9.47 Å². The highest BCUT2D eigenvalue weighted by Gasteiger charge is 2.40. The summed E-state index contributed by atoms with van der Waals surface area (Å²) in [6.07, 6.45) is 0.616. The lowest BCUT2D eigenvalue weighted by atomic mass is 9.93. The molecule has 0 radical (unpaired) electrons. The monoisotopic (exact) mass is 415 g/mol. The average Bonchev–Trinajstić information content (AvgIpc) is 3.08. The van der Waals surface area contributed by atoms with E-state index in [1.54, 1.807) is 19.1 Å². The Kier molecular flexibility index (Phi) is 5.94. The lowest BCUT2D eigenvalue weighted by molar-refractivity contribution is -0.129. The van der Waals surface area contributed by atoms with Crippen LogP contribution in [-0.2, 0) is 11.2 Å². The van der Waals surface area contributed by atoms with Crippen LogP contribution in [0.4, 0.5) is 0 Å². The fourth-order valence-corrected chi connectivity index (χ4v) is 4.06. The number of nitrogens with zero attached hydrogens (tertiary/aromatic N) is 1. The summed E-state index contributed by atoms with van der Waals surface area (Å²) < 4.78 is 10.7. The Hall–Kier alpha value is -3.73. The molecule has 1 heterocycles. The molecular formula is C26H25NO4. The van der Waals surface area contributed by atoms with E-state index in [0.717, 1.165) is 16.7 Å². The van der Waals surface area contributed by atoms with E-state index in [9.17, 15) is 9.90 Å². The minimum Gasteiger partial charge on any atom is -0.503 e. The number of carbonyl (C=O) groups excluding carboxylic acids is 1. The lowest BCUT2D eigenvalue weighted by Crippen LogP contribution is -2.32. The molecule has 0 aliphatic carbocycles. The number of ether oxygens (including phenoxy) is 2. The van der Waals surface area contributed by atoms with Gasteiger partial charge >= 0.3 is 0 Å². The third-order valence-corrected chi connectivity index (χ3v) is 5.59. The van der Waals surface area contributed by atoms with E-state index in [2.05, 4.69) is 0 Å². The van der Waals surface area contributed by atoms with Crippen LogP contribution < -0.4 is 9.47 Å². The van der Waals surface area contributed by atoms with Crippen LogP contribution in [0.15, 0.2) is 84.6 Å². The summed E-state index contributed by atoms with van der Waals surface area (Å²) in [5, 5.41) is 10.8. The van der Waals surface area contributed by atoms with Crippen molar-refractivity contribution in [2.24, 2.45) is 0 Å². The maximum Gasteiger partial charge on any atom is 0.289 e. The van der Waals surface area contributed by atoms with Crippen molar-refractivity contribution in [3.8, 4) is 11.5 Å². The fourth-order valence-electron chi connectivity index (χ4n) is 4.06. The van der Waals surface area contributed by atoms with Gasteiger partial charge in [0, 0.05) is 12.1 Å². The maximum atomic E-state index is 13.1. The largest absolute Gasteiger partial charge is 0.503 e. The Balaban J connectivity index is 1.66. The van der Waals surface area contributed by atoms with Crippen LogP contribution in [0, 0.1) is 0 Å². The summed E-state index contributed by atoms with van der Waals surface area (Å²) in [6.45, 7) is 0.453. The molecule has 0 spiro atoms. The second-order valence-corrected chi connectivity index (χ2v) is 7.38. The number of hydrogen-bond donors (Lipinski definition) is 1. The molecule has 3 aromatic rings. The van der Waals surface area contributed by atoms with Gasteiger partial charge in [-0.05, 0) is 35.2 Å². The molecule has 5 nitrogen and oxygen atoms in total. The van der Waals surface area contributed by atoms with Crippen molar-refractivity contribution in [1.82, 2.24) is 4.90 Å². The number of aliphatic hydroxyl groups is 1. The molecular weight excluding hydrogens is 390 g/mol. The summed E-state index contributed by atoms with van der Waals surface area (Å²) in [4.78, 5) is 14.8. The van der Waals surface area contributed by atoms with Crippen LogP contribution in [-0.4, -0.2) is 36.7 Å². The summed E-state index contributed by atoms with van der Waals surface area (Å²) in [5.41, 5.74) is 3.47. The topological polar surface area (TPSA) is 59.0 Å². The van der Waals surface area contributed by atoms with Crippen molar-refractivity contribution in [3.05, 3.63) is 101 Å². The molecule has 0 aromatic heterocycles. The van der Waals surface area contributed by atoms with E-state index in [1.165, 1.54) is 0 Å². The van der Waals surface area contributed by atoms with Crippen LogP contribution >= 0.6 is 0 Å². The SMILES string of the molecule is COc1ccc(CCN2C(=O)C(O)=C(c3ccccc3)C2c2ccccc2)cc1OC. The van der Waals surface area contributed by atoms with Gasteiger partial charge in [0.25, 0.3) is 5.91 Å². The summed E-state index contributed by atoms with van der Waals surface area (Å²) in [7, 11) is 3.20. The molecule has 3 aromatic carbocycles. The molecule has 1 N–H and O–H groups in total. The lowest BCUT2D eigenvalue weighted by Gasteiger charge is -2.27. The van der Waals surface area contributed by atoms with Crippen molar-refractivity contribution in [2.75, 3.05) is 20.8 Å². The highest BCUT2D eigenvalue weighted by atomic mass is 16.5. The third-order valence-electron chi connectivity index (χ3n) is 5.59. The van der Waals surface area contributed by atoms with Crippen LogP contribution in [0.5, 0.6) is 11.5 Å². The number of carbonyl (C=O) groups is 1. The van der Waals surface area contributed by atoms with Gasteiger partial charge in [-0.25, -0.2) is 0 Å². The predicted octanol–water partition coefficient (Wildman–Crippen LogP) is 4.80. The quantitative estimate of drug-likeness (QED) is 0.602. The third kappa shape index (κ3) is 3.99. The second-order valence-electron chi connectivity index (χ2n) is 7.38. The molecule has 1 atom stereocenters. The molecule has 1 aliphatic heterocycles. The molecule has 1 unspecified atom stereocenters. The number of aliphatic hydroxyl groups excluding tert-OH is 1. The summed E-state index contributed by atoms with van der Waals surface area (Å²) in [6, 6.07) is 24.8. The van der Waals surface area contributed by atoms with Gasteiger partial charge in [0.05, 0.1) is 20.3 Å². The maximum absolute atomic E-state index is 13.1. The van der Waals surface area contributed by atoms with Gasteiger partial charge in [0.1, 0.15) is 0 Å². The van der Waals surface area contributed by atoms with E-state index < -0.39 is 0 Å². The van der Waals surface area contributed by atoms with Crippen LogP contribution in [0.3, 0.4) is 0 Å². The zero-order valence-electron chi connectivity index (χ0n) is 17.6. The zero-order chi connectivity index (χ0) is 21.8. The Morgan fingerprint density at radius 3 is 2.16 bits per heavy atom. The summed E-state index contributed by atoms with van der Waals surface area (Å²) >= 11 is 0. The first-order valence-electron chi connectivity index (χ1n) is 10.2. The number of amides is 1. The van der Waals surface area contributed by atoms with Crippen molar-refractivity contribution in [2.45, 2.75) is 12.5 Å². The van der Waals surface area contributed by atoms with Crippen LogP contribution in [0.25, 0.3) is 5.57 Å². The molecule has 0 saturated heterocycles. The molecule has 1 amide bonds. The molecule has 1 aliphatic rings. The number of methoxy groups -OCH3 is 2. The molecule has 158 valence electrons. The Bertz CT molecular complexity index is 1090. The second kappa shape index (κ2) is 8.96. The van der Waals surface area contributed by atoms with Gasteiger partial charge in [0.2, 0.25) is 0 Å². The molecule has 0 saturated carbocycles. The normalized spacial score (nSPS) is 16.0. The predicted molar refractivity (Wildman–Crippen MR) is 120 cm³/mol. The molecule has 0 bridgehead atoms. The number of hydrogen-bond acceptors (Lipinski definition) is 4. The van der Waals surface area contributed by atoms with Gasteiger partial charge in [-0.3, -0.25) is 4.79 Å². The molecule has 5 heteroatoms. The first kappa shape index (κ1) is 20.5. The Morgan fingerprint density at radius 2 is 1.52 bits per heavy atom. The Morgan fingerprint density at radius 1 is 0.871 bits per heavy atom. The fraction of sp³-hybridized carbons (Fsp3) is 0.192. The van der Waals surface area contributed by atoms with Crippen molar-refractivity contribution in [1.29, 1.82) is 0 Å². The number of benzene rings is 3. The highest BCUT2D eigenvalue weighted by molar-refractivity contribution is 6.05. The van der Waals surface area contributed by atoms with Crippen molar-refractivity contribution >= 4 is 11.5 Å². The minimum atomic E-state index is -0.354. The van der Waals surface area contributed by atoms with Gasteiger partial charge in [-0.15, -0.1) is 0 Å². The van der Waals surface area contributed by atoms with Gasteiger partial charge in [-0.2, -0.15) is 0 Å². The smallest absolute Gasteiger partial charge is 0.289 e. The molecule has 0 fully saturated rings. The minimum absolute atomic E-state index is 0.188. The van der Waals surface area contributed by atoms with E-state index in [-0.39, 0.29) is 17.7 Å². The van der Waals surface area contributed by atoms with Crippen LogP contribution in [0.1, 0.15) is 22.7 Å². The number of rotatable bonds is 7. The van der Waals surface area contributed by atoms with E-state index in [1.807, 2.05) is 78.9 Å². The first-order valence-corrected chi connectivity index (χ1v) is 10.2. The van der Waals surface area contributed by atoms with Crippen molar-refractivity contribution < 1.29 is 19.4 Å². The first-order chi connectivity index (χ1) is 15.1. The van der Waals surface area contributed by atoms with E-state index in [0.29, 0.717) is 30.0 Å². The highest BCUT2D eigenvalue weighted by Crippen LogP contribution is 2.43. The van der Waals surface area contributed by atoms with Gasteiger partial charge in [0.15, 0.2) is 17.3 Å².